The monoisotopic (exact) mass is 253 g/mol. The summed E-state index contributed by atoms with van der Waals surface area (Å²) in [5.41, 5.74) is -0.0162. The highest BCUT2D eigenvalue weighted by Gasteiger charge is 2.50. The Morgan fingerprint density at radius 2 is 1.56 bits per heavy atom. The Kier molecular flexibility index (Phi) is 3.57. The van der Waals surface area contributed by atoms with Crippen LogP contribution in [0.3, 0.4) is 0 Å². The maximum Gasteiger partial charge on any atom is 0.0810 e. The Balaban J connectivity index is 2.18. The molecule has 0 aromatic heterocycles. The number of rotatable bonds is 1. The molecule has 2 unspecified atom stereocenters. The van der Waals surface area contributed by atoms with Crippen LogP contribution in [0.2, 0.25) is 0 Å². The number of hydrogen-bond acceptors (Lipinski definition) is 2. The van der Waals surface area contributed by atoms with Gasteiger partial charge in [-0.25, -0.2) is 0 Å². The average Bonchev–Trinajstić information content (AvgIpc) is 2.11. The van der Waals surface area contributed by atoms with E-state index in [9.17, 15) is 5.11 Å². The van der Waals surface area contributed by atoms with Crippen LogP contribution in [0.25, 0.3) is 0 Å². The molecule has 106 valence electrons. The van der Waals surface area contributed by atoms with E-state index >= 15 is 0 Å². The average molecular weight is 253 g/mol. The van der Waals surface area contributed by atoms with Crippen molar-refractivity contribution < 1.29 is 5.11 Å². The van der Waals surface area contributed by atoms with E-state index in [0.29, 0.717) is 6.04 Å². The summed E-state index contributed by atoms with van der Waals surface area (Å²) < 4.78 is 0. The number of piperidine rings is 1. The minimum absolute atomic E-state index is 0.249. The molecule has 0 amide bonds. The van der Waals surface area contributed by atoms with Crippen molar-refractivity contribution in [2.75, 3.05) is 6.54 Å². The van der Waals surface area contributed by atoms with Gasteiger partial charge in [-0.2, -0.15) is 0 Å². The van der Waals surface area contributed by atoms with E-state index in [2.05, 4.69) is 39.9 Å². The largest absolute Gasteiger partial charge is 0.388 e. The van der Waals surface area contributed by atoms with Gasteiger partial charge in [-0.1, -0.05) is 34.6 Å². The molecule has 1 aliphatic carbocycles. The Bertz CT molecular complexity index is 292. The van der Waals surface area contributed by atoms with Crippen LogP contribution >= 0.6 is 0 Å². The van der Waals surface area contributed by atoms with Gasteiger partial charge < -0.3 is 10.4 Å². The molecule has 0 bridgehead atoms. The predicted molar refractivity (Wildman–Crippen MR) is 76.6 cm³/mol. The van der Waals surface area contributed by atoms with Gasteiger partial charge in [-0.15, -0.1) is 0 Å². The normalized spacial score (nSPS) is 38.3. The summed E-state index contributed by atoms with van der Waals surface area (Å²) in [7, 11) is 0. The van der Waals surface area contributed by atoms with Crippen LogP contribution < -0.4 is 5.32 Å². The molecule has 1 aliphatic heterocycles. The van der Waals surface area contributed by atoms with Crippen molar-refractivity contribution in [3.05, 3.63) is 0 Å². The van der Waals surface area contributed by atoms with E-state index in [1.54, 1.807) is 0 Å². The van der Waals surface area contributed by atoms with Crippen molar-refractivity contribution >= 4 is 0 Å². The summed E-state index contributed by atoms with van der Waals surface area (Å²) >= 11 is 0. The summed E-state index contributed by atoms with van der Waals surface area (Å²) in [4.78, 5) is 0. The number of aliphatic hydroxyl groups is 1. The minimum atomic E-state index is -0.514. The van der Waals surface area contributed by atoms with Crippen molar-refractivity contribution in [3.63, 3.8) is 0 Å². The number of hydrogen-bond donors (Lipinski definition) is 2. The SMILES string of the molecule is CC1CCNC(C2(O)CC(C)(C)CC(C)(C)C2)C1. The third-order valence-electron chi connectivity index (χ3n) is 4.84. The molecule has 18 heavy (non-hydrogen) atoms. The second kappa shape index (κ2) is 4.49. The van der Waals surface area contributed by atoms with Crippen molar-refractivity contribution in [1.29, 1.82) is 0 Å². The van der Waals surface area contributed by atoms with Gasteiger partial charge in [0.1, 0.15) is 0 Å². The van der Waals surface area contributed by atoms with Gasteiger partial charge in [0.05, 0.1) is 5.60 Å². The maximum atomic E-state index is 11.2. The summed E-state index contributed by atoms with van der Waals surface area (Å²) in [6.07, 6.45) is 5.47. The van der Waals surface area contributed by atoms with Gasteiger partial charge in [-0.05, 0) is 55.4 Å². The van der Waals surface area contributed by atoms with Gasteiger partial charge in [0.15, 0.2) is 0 Å². The molecule has 0 aromatic carbocycles. The molecule has 0 radical (unpaired) electrons. The molecule has 0 spiro atoms. The fourth-order valence-corrected chi connectivity index (χ4v) is 4.90. The molecule has 2 atom stereocenters. The van der Waals surface area contributed by atoms with Crippen LogP contribution in [0.1, 0.15) is 66.7 Å². The molecule has 2 rings (SSSR count). The van der Waals surface area contributed by atoms with Gasteiger partial charge in [0.2, 0.25) is 0 Å². The Morgan fingerprint density at radius 1 is 1.00 bits per heavy atom. The lowest BCUT2D eigenvalue weighted by atomic mass is 9.57. The van der Waals surface area contributed by atoms with Crippen LogP contribution in [0.4, 0.5) is 0 Å². The van der Waals surface area contributed by atoms with Gasteiger partial charge in [0.25, 0.3) is 0 Å². The summed E-state index contributed by atoms with van der Waals surface area (Å²) in [5, 5.41) is 14.8. The maximum absolute atomic E-state index is 11.2. The van der Waals surface area contributed by atoms with E-state index in [-0.39, 0.29) is 10.8 Å². The summed E-state index contributed by atoms with van der Waals surface area (Å²) in [6, 6.07) is 0.292. The zero-order chi connectivity index (χ0) is 13.6. The zero-order valence-electron chi connectivity index (χ0n) is 12.8. The molecule has 1 heterocycles. The third kappa shape index (κ3) is 3.08. The molecule has 0 aromatic rings. The highest BCUT2D eigenvalue weighted by molar-refractivity contribution is 5.04. The van der Waals surface area contributed by atoms with Crippen molar-refractivity contribution in [3.8, 4) is 0 Å². The highest BCUT2D eigenvalue weighted by Crippen LogP contribution is 2.52. The molecule has 1 saturated carbocycles. The minimum Gasteiger partial charge on any atom is -0.388 e. The van der Waals surface area contributed by atoms with Crippen LogP contribution in [-0.4, -0.2) is 23.3 Å². The molecule has 1 saturated heterocycles. The Hall–Kier alpha value is -0.0800. The first-order valence-electron chi connectivity index (χ1n) is 7.58. The first-order chi connectivity index (χ1) is 8.12. The number of nitrogens with one attached hydrogen (secondary N) is 1. The summed E-state index contributed by atoms with van der Waals surface area (Å²) in [6.45, 7) is 12.6. The predicted octanol–water partition coefficient (Wildman–Crippen LogP) is 3.34. The first-order valence-corrected chi connectivity index (χ1v) is 7.58. The van der Waals surface area contributed by atoms with Crippen LogP contribution in [-0.2, 0) is 0 Å². The lowest BCUT2D eigenvalue weighted by molar-refractivity contribution is -0.114. The topological polar surface area (TPSA) is 32.3 Å². The first kappa shape index (κ1) is 14.3. The molecule has 2 fully saturated rings. The fraction of sp³-hybridized carbons (Fsp3) is 1.00. The zero-order valence-corrected chi connectivity index (χ0v) is 12.8. The van der Waals surface area contributed by atoms with Crippen LogP contribution in [0.15, 0.2) is 0 Å². The molecule has 2 N–H and O–H groups in total. The lowest BCUT2D eigenvalue weighted by Crippen LogP contribution is -2.59. The third-order valence-corrected chi connectivity index (χ3v) is 4.84. The van der Waals surface area contributed by atoms with Crippen LogP contribution in [0.5, 0.6) is 0 Å². The van der Waals surface area contributed by atoms with Gasteiger partial charge in [0, 0.05) is 6.04 Å². The van der Waals surface area contributed by atoms with E-state index < -0.39 is 5.60 Å². The van der Waals surface area contributed by atoms with E-state index in [1.165, 1.54) is 12.8 Å². The quantitative estimate of drug-likeness (QED) is 0.751. The van der Waals surface area contributed by atoms with Crippen molar-refractivity contribution in [1.82, 2.24) is 5.32 Å². The fourth-order valence-electron chi connectivity index (χ4n) is 4.90. The van der Waals surface area contributed by atoms with E-state index in [4.69, 9.17) is 0 Å². The molecule has 2 nitrogen and oxygen atoms in total. The Labute approximate surface area is 113 Å². The standard InChI is InChI=1S/C16H31NO/c1-12-6-7-17-13(8-12)16(18)10-14(2,3)9-15(4,5)11-16/h12-13,17-18H,6-11H2,1-5H3. The van der Waals surface area contributed by atoms with Crippen molar-refractivity contribution in [2.45, 2.75) is 78.4 Å². The molecular weight excluding hydrogens is 222 g/mol. The smallest absolute Gasteiger partial charge is 0.0810 e. The van der Waals surface area contributed by atoms with Gasteiger partial charge >= 0.3 is 0 Å². The molecule has 2 aliphatic rings. The van der Waals surface area contributed by atoms with Crippen LogP contribution in [0, 0.1) is 16.7 Å². The van der Waals surface area contributed by atoms with Crippen molar-refractivity contribution in [2.24, 2.45) is 16.7 Å². The Morgan fingerprint density at radius 3 is 2.06 bits per heavy atom. The van der Waals surface area contributed by atoms with Gasteiger partial charge in [-0.3, -0.25) is 0 Å². The van der Waals surface area contributed by atoms with E-state index in [0.717, 1.165) is 31.7 Å². The molecule has 2 heteroatoms. The molecular formula is C16H31NO. The van der Waals surface area contributed by atoms with E-state index in [1.807, 2.05) is 0 Å². The lowest BCUT2D eigenvalue weighted by Gasteiger charge is -2.53. The summed E-state index contributed by atoms with van der Waals surface area (Å²) in [5.74, 6) is 0.744. The highest BCUT2D eigenvalue weighted by atomic mass is 16.3. The second-order valence-corrected chi connectivity index (χ2v) is 8.60. The second-order valence-electron chi connectivity index (χ2n) is 8.60.